The van der Waals surface area contributed by atoms with Gasteiger partial charge in [-0.25, -0.2) is 0 Å². The van der Waals surface area contributed by atoms with Gasteiger partial charge in [0.25, 0.3) is 11.8 Å². The number of hydrogen-bond acceptors (Lipinski definition) is 5. The summed E-state index contributed by atoms with van der Waals surface area (Å²) >= 11 is 1.31. The predicted octanol–water partition coefficient (Wildman–Crippen LogP) is 1.72. The van der Waals surface area contributed by atoms with Crippen molar-refractivity contribution in [2.75, 3.05) is 25.0 Å². The lowest BCUT2D eigenvalue weighted by molar-refractivity contribution is -0.121. The van der Waals surface area contributed by atoms with E-state index in [0.29, 0.717) is 16.4 Å². The van der Waals surface area contributed by atoms with Crippen LogP contribution < -0.4 is 10.6 Å². The topological polar surface area (TPSA) is 90.9 Å². The molecule has 0 aromatic heterocycles. The van der Waals surface area contributed by atoms with Crippen molar-refractivity contribution in [1.82, 2.24) is 10.2 Å². The molecular weight excluding hydrogens is 364 g/mol. The van der Waals surface area contributed by atoms with Crippen molar-refractivity contribution in [3.8, 4) is 12.3 Å². The van der Waals surface area contributed by atoms with Crippen molar-refractivity contribution in [1.29, 1.82) is 0 Å². The Morgan fingerprint density at radius 1 is 1.33 bits per heavy atom. The molecule has 1 aromatic rings. The van der Waals surface area contributed by atoms with Gasteiger partial charge in [-0.3, -0.25) is 14.4 Å². The number of carbonyl (C=O) groups is 3. The van der Waals surface area contributed by atoms with Gasteiger partial charge in [0.2, 0.25) is 5.91 Å². The second-order valence-electron chi connectivity index (χ2n) is 5.73. The number of amides is 3. The van der Waals surface area contributed by atoms with Crippen LogP contribution in [0.1, 0.15) is 30.6 Å². The molecule has 0 fully saturated rings. The number of terminal acetylenes is 1. The number of anilines is 1. The highest BCUT2D eigenvalue weighted by atomic mass is 32.2. The van der Waals surface area contributed by atoms with E-state index >= 15 is 0 Å². The van der Waals surface area contributed by atoms with Crippen LogP contribution in [0, 0.1) is 12.3 Å². The van der Waals surface area contributed by atoms with Crippen LogP contribution in [-0.4, -0.2) is 52.7 Å². The first-order chi connectivity index (χ1) is 13.0. The fourth-order valence-electron chi connectivity index (χ4n) is 2.49. The standard InChI is InChI=1S/C19H22N4O3S/c1-4-10-20-17(25)13-8-7-9-14(11-13)21-16(24)12-15-18(26)22-19(27-15)23(5-2)6-3/h1,7-9,11,15H,5-6,10,12H2,2-3H3,(H,20,25)(H,21,24)/t15-/m1/s1. The van der Waals surface area contributed by atoms with E-state index in [4.69, 9.17) is 6.42 Å². The van der Waals surface area contributed by atoms with Crippen molar-refractivity contribution in [3.05, 3.63) is 29.8 Å². The quantitative estimate of drug-likeness (QED) is 0.697. The molecule has 0 saturated carbocycles. The number of rotatable bonds is 7. The molecule has 1 atom stereocenters. The molecule has 3 amide bonds. The Kier molecular flexibility index (Phi) is 7.44. The molecule has 2 rings (SSSR count). The molecule has 1 aliphatic rings. The lowest BCUT2D eigenvalue weighted by atomic mass is 10.2. The predicted molar refractivity (Wildman–Crippen MR) is 108 cm³/mol. The van der Waals surface area contributed by atoms with Gasteiger partial charge in [0.05, 0.1) is 6.54 Å². The van der Waals surface area contributed by atoms with E-state index in [1.54, 1.807) is 24.3 Å². The molecule has 142 valence electrons. The summed E-state index contributed by atoms with van der Waals surface area (Å²) in [5.74, 6) is 1.41. The summed E-state index contributed by atoms with van der Waals surface area (Å²) in [6.07, 6.45) is 5.14. The molecule has 1 heterocycles. The average Bonchev–Trinajstić information content (AvgIpc) is 3.01. The number of aliphatic imine (C=N–C) groups is 1. The zero-order chi connectivity index (χ0) is 19.8. The fraction of sp³-hybridized carbons (Fsp3) is 0.368. The van der Waals surface area contributed by atoms with Crippen molar-refractivity contribution in [2.45, 2.75) is 25.5 Å². The van der Waals surface area contributed by atoms with E-state index in [2.05, 4.69) is 21.5 Å². The van der Waals surface area contributed by atoms with Crippen LogP contribution in [0.15, 0.2) is 29.3 Å². The smallest absolute Gasteiger partial charge is 0.262 e. The van der Waals surface area contributed by atoms with Crippen molar-refractivity contribution in [3.63, 3.8) is 0 Å². The maximum absolute atomic E-state index is 12.3. The summed E-state index contributed by atoms with van der Waals surface area (Å²) in [5.41, 5.74) is 0.871. The number of nitrogens with one attached hydrogen (secondary N) is 2. The van der Waals surface area contributed by atoms with Gasteiger partial charge in [0, 0.05) is 30.8 Å². The Balaban J connectivity index is 1.94. The number of nitrogens with zero attached hydrogens (tertiary/aromatic N) is 2. The van der Waals surface area contributed by atoms with E-state index in [-0.39, 0.29) is 30.7 Å². The zero-order valence-electron chi connectivity index (χ0n) is 15.3. The van der Waals surface area contributed by atoms with Gasteiger partial charge < -0.3 is 15.5 Å². The average molecular weight is 386 g/mol. The Hall–Kier alpha value is -2.79. The molecule has 7 nitrogen and oxygen atoms in total. The van der Waals surface area contributed by atoms with E-state index < -0.39 is 5.25 Å². The second-order valence-corrected chi connectivity index (χ2v) is 6.90. The minimum atomic E-state index is -0.525. The first kappa shape index (κ1) is 20.5. The van der Waals surface area contributed by atoms with Crippen LogP contribution in [0.5, 0.6) is 0 Å². The molecule has 27 heavy (non-hydrogen) atoms. The monoisotopic (exact) mass is 386 g/mol. The van der Waals surface area contributed by atoms with Crippen LogP contribution >= 0.6 is 11.8 Å². The summed E-state index contributed by atoms with van der Waals surface area (Å²) in [6, 6.07) is 6.53. The third kappa shape index (κ3) is 5.59. The van der Waals surface area contributed by atoms with E-state index in [9.17, 15) is 14.4 Å². The Morgan fingerprint density at radius 2 is 2.07 bits per heavy atom. The number of carbonyl (C=O) groups excluding carboxylic acids is 3. The van der Waals surface area contributed by atoms with Crippen LogP contribution in [0.2, 0.25) is 0 Å². The number of benzene rings is 1. The summed E-state index contributed by atoms with van der Waals surface area (Å²) in [5, 5.41) is 5.42. The molecular formula is C19H22N4O3S. The molecule has 2 N–H and O–H groups in total. The SMILES string of the molecule is C#CCNC(=O)c1cccc(NC(=O)C[C@H]2SC(N(CC)CC)=NC2=O)c1. The third-order valence-corrected chi connectivity index (χ3v) is 5.11. The zero-order valence-corrected chi connectivity index (χ0v) is 16.1. The van der Waals surface area contributed by atoms with Crippen molar-refractivity contribution < 1.29 is 14.4 Å². The van der Waals surface area contributed by atoms with Gasteiger partial charge in [-0.05, 0) is 32.0 Å². The second kappa shape index (κ2) is 9.78. The van der Waals surface area contributed by atoms with Gasteiger partial charge >= 0.3 is 0 Å². The Labute approximate surface area is 163 Å². The summed E-state index contributed by atoms with van der Waals surface area (Å²) in [6.45, 7) is 5.62. The third-order valence-electron chi connectivity index (χ3n) is 3.89. The summed E-state index contributed by atoms with van der Waals surface area (Å²) in [4.78, 5) is 42.4. The first-order valence-electron chi connectivity index (χ1n) is 8.64. The summed E-state index contributed by atoms with van der Waals surface area (Å²) < 4.78 is 0. The first-order valence-corrected chi connectivity index (χ1v) is 9.52. The maximum Gasteiger partial charge on any atom is 0.262 e. The van der Waals surface area contributed by atoms with Gasteiger partial charge in [-0.1, -0.05) is 23.7 Å². The molecule has 1 aliphatic heterocycles. The number of amidine groups is 1. The van der Waals surface area contributed by atoms with Crippen LogP contribution in [0.4, 0.5) is 5.69 Å². The molecule has 0 radical (unpaired) electrons. The highest BCUT2D eigenvalue weighted by Gasteiger charge is 2.32. The van der Waals surface area contributed by atoms with Crippen LogP contribution in [0.25, 0.3) is 0 Å². The summed E-state index contributed by atoms with van der Waals surface area (Å²) in [7, 11) is 0. The van der Waals surface area contributed by atoms with E-state index in [0.717, 1.165) is 13.1 Å². The molecule has 0 aliphatic carbocycles. The minimum Gasteiger partial charge on any atom is -0.352 e. The Bertz CT molecular complexity index is 796. The fourth-order valence-corrected chi connectivity index (χ4v) is 3.68. The highest BCUT2D eigenvalue weighted by Crippen LogP contribution is 2.27. The number of hydrogen-bond donors (Lipinski definition) is 2. The van der Waals surface area contributed by atoms with Crippen LogP contribution in [-0.2, 0) is 9.59 Å². The highest BCUT2D eigenvalue weighted by molar-refractivity contribution is 8.15. The molecule has 1 aromatic carbocycles. The molecule has 0 spiro atoms. The van der Waals surface area contributed by atoms with Crippen LogP contribution in [0.3, 0.4) is 0 Å². The minimum absolute atomic E-state index is 0.0191. The van der Waals surface area contributed by atoms with Gasteiger partial charge in [-0.15, -0.1) is 6.42 Å². The van der Waals surface area contributed by atoms with Gasteiger partial charge in [0.1, 0.15) is 5.25 Å². The largest absolute Gasteiger partial charge is 0.352 e. The Morgan fingerprint density at radius 3 is 2.74 bits per heavy atom. The van der Waals surface area contributed by atoms with Crippen molar-refractivity contribution >= 4 is 40.3 Å². The maximum atomic E-state index is 12.3. The van der Waals surface area contributed by atoms with Gasteiger partial charge in [-0.2, -0.15) is 4.99 Å². The van der Waals surface area contributed by atoms with E-state index in [1.165, 1.54) is 11.8 Å². The van der Waals surface area contributed by atoms with E-state index in [1.807, 2.05) is 18.7 Å². The molecule has 8 heteroatoms. The molecule has 0 unspecified atom stereocenters. The molecule has 0 bridgehead atoms. The lowest BCUT2D eigenvalue weighted by Gasteiger charge is -2.19. The van der Waals surface area contributed by atoms with Gasteiger partial charge in [0.15, 0.2) is 5.17 Å². The lowest BCUT2D eigenvalue weighted by Crippen LogP contribution is -2.28. The normalized spacial score (nSPS) is 15.7. The molecule has 0 saturated heterocycles. The van der Waals surface area contributed by atoms with Crippen molar-refractivity contribution in [2.24, 2.45) is 4.99 Å². The number of thioether (sulfide) groups is 1.